The van der Waals surface area contributed by atoms with Crippen molar-refractivity contribution in [2.75, 3.05) is 6.16 Å². The number of benzene rings is 4. The van der Waals surface area contributed by atoms with Gasteiger partial charge in [-0.25, -0.2) is 12.1 Å². The molecule has 4 fully saturated rings. The van der Waals surface area contributed by atoms with Gasteiger partial charge in [0.25, 0.3) is 0 Å². The maximum Gasteiger partial charge on any atom is 2.00 e. The fourth-order valence-electron chi connectivity index (χ4n) is 11.4. The quantitative estimate of drug-likeness (QED) is 0.0909. The summed E-state index contributed by atoms with van der Waals surface area (Å²) in [6.07, 6.45) is 7.85. The zero-order valence-corrected chi connectivity index (χ0v) is 35.5. The van der Waals surface area contributed by atoms with Gasteiger partial charge in [-0.2, -0.15) is 18.2 Å². The molecule has 0 amide bonds. The number of fused-ring (bicyclic) bond motifs is 2. The van der Waals surface area contributed by atoms with E-state index in [1.807, 2.05) is 30.3 Å². The Kier molecular flexibility index (Phi) is 10.7. The number of rotatable bonds is 7. The van der Waals surface area contributed by atoms with E-state index in [-0.39, 0.29) is 22.5 Å². The molecule has 0 saturated heterocycles. The molecule has 0 aliphatic heterocycles. The number of aromatic nitrogens is 2. The van der Waals surface area contributed by atoms with Crippen LogP contribution in [0.25, 0.3) is 44.1 Å². The van der Waals surface area contributed by atoms with Crippen molar-refractivity contribution in [3.63, 3.8) is 0 Å². The first kappa shape index (κ1) is 38.3. The smallest absolute Gasteiger partial charge is 0.252 e. The van der Waals surface area contributed by atoms with Gasteiger partial charge in [0, 0.05) is 10.8 Å². The zero-order chi connectivity index (χ0) is 37.7. The van der Waals surface area contributed by atoms with E-state index in [4.69, 9.17) is 9.97 Å². The Bertz CT molecular complexity index is 2500. The normalized spacial score (nSPS) is 22.2. The third-order valence-corrected chi connectivity index (χ3v) is 14.9. The molecular formula is C52H48FeN2P2. The van der Waals surface area contributed by atoms with Gasteiger partial charge in [-0.05, 0) is 91.6 Å². The van der Waals surface area contributed by atoms with Crippen molar-refractivity contribution in [3.8, 4) is 22.3 Å². The van der Waals surface area contributed by atoms with Gasteiger partial charge in [0.1, 0.15) is 0 Å². The first-order chi connectivity index (χ1) is 27.5. The van der Waals surface area contributed by atoms with Crippen LogP contribution >= 0.6 is 18.5 Å². The molecule has 6 aromatic carbocycles. The molecular weight excluding hydrogens is 770 g/mol. The fourth-order valence-corrected chi connectivity index (χ4v) is 12.8. The Labute approximate surface area is 352 Å². The van der Waals surface area contributed by atoms with Crippen molar-refractivity contribution in [1.82, 2.24) is 9.97 Å². The monoisotopic (exact) mass is 818 g/mol. The minimum Gasteiger partial charge on any atom is -0.252 e. The van der Waals surface area contributed by atoms with Crippen LogP contribution in [0.3, 0.4) is 0 Å². The second-order valence-corrected chi connectivity index (χ2v) is 17.9. The summed E-state index contributed by atoms with van der Waals surface area (Å²) >= 11 is 0. The number of hydrogen-bond acceptors (Lipinski definition) is 2. The molecule has 2 heterocycles. The van der Waals surface area contributed by atoms with E-state index in [1.165, 1.54) is 59.9 Å². The standard InChI is InChI=1S/C47H43N2P2.C5H5.Fe/c50-29-39-36-24-30-23-31(25-36)28-46(39,27-30)45-38(26-37(32-11-3-1-4-12-32)44(45)35-15-5-2-6-16-35)47(51,42-21-19-33-13-7-9-17-40(33)48-42)43-22-20-34-14-8-10-18-41(34)49-43;1-2-4-5-3-1;/h1-22,26,30-31,36,39H,23-25,27-29,50-51H2;1-5H;/q2*-1;+2. The van der Waals surface area contributed by atoms with Crippen LogP contribution in [0.4, 0.5) is 0 Å². The van der Waals surface area contributed by atoms with Gasteiger partial charge in [0.05, 0.1) is 27.6 Å². The molecule has 8 aromatic rings. The molecule has 2 nitrogen and oxygen atoms in total. The van der Waals surface area contributed by atoms with E-state index in [2.05, 4.69) is 158 Å². The molecule has 4 saturated carbocycles. The maximum atomic E-state index is 5.53. The summed E-state index contributed by atoms with van der Waals surface area (Å²) in [5, 5.41) is 1.61. The van der Waals surface area contributed by atoms with Crippen LogP contribution in [0.15, 0.2) is 170 Å². The van der Waals surface area contributed by atoms with Crippen LogP contribution in [-0.2, 0) is 27.6 Å². The third kappa shape index (κ3) is 6.66. The molecule has 0 N–H and O–H groups in total. The Balaban J connectivity index is 0.000000656. The molecule has 5 heteroatoms. The molecule has 0 radical (unpaired) electrons. The maximum absolute atomic E-state index is 5.53. The van der Waals surface area contributed by atoms with E-state index in [9.17, 15) is 0 Å². The average Bonchev–Trinajstić information content (AvgIpc) is 3.97. The van der Waals surface area contributed by atoms with Crippen LogP contribution in [0, 0.1) is 23.7 Å². The third-order valence-electron chi connectivity index (χ3n) is 13.5. The summed E-state index contributed by atoms with van der Waals surface area (Å²) in [6.45, 7) is 0. The zero-order valence-electron chi connectivity index (χ0n) is 32.1. The summed E-state index contributed by atoms with van der Waals surface area (Å²) in [5.74, 6) is 2.97. The van der Waals surface area contributed by atoms with Crippen molar-refractivity contribution in [1.29, 1.82) is 0 Å². The van der Waals surface area contributed by atoms with Gasteiger partial charge < -0.3 is 0 Å². The minimum atomic E-state index is -0.700. The Morgan fingerprint density at radius 1 is 0.649 bits per heavy atom. The molecule has 4 aliphatic rings. The van der Waals surface area contributed by atoms with Crippen LogP contribution in [0.2, 0.25) is 0 Å². The second kappa shape index (κ2) is 15.9. The van der Waals surface area contributed by atoms with Gasteiger partial charge in [0.2, 0.25) is 0 Å². The minimum absolute atomic E-state index is 0. The van der Waals surface area contributed by atoms with E-state index in [1.54, 1.807) is 5.56 Å². The number of nitrogens with zero attached hydrogens (tertiary/aromatic N) is 2. The molecule has 5 unspecified atom stereocenters. The number of para-hydroxylation sites is 2. The van der Waals surface area contributed by atoms with Crippen molar-refractivity contribution in [3.05, 3.63) is 192 Å². The van der Waals surface area contributed by atoms with E-state index < -0.39 is 5.16 Å². The summed E-state index contributed by atoms with van der Waals surface area (Å²) < 4.78 is 0. The average molecular weight is 819 g/mol. The van der Waals surface area contributed by atoms with Crippen LogP contribution in [0.1, 0.15) is 54.6 Å². The Hall–Kier alpha value is -4.22. The van der Waals surface area contributed by atoms with Crippen LogP contribution < -0.4 is 0 Å². The molecule has 4 aliphatic carbocycles. The van der Waals surface area contributed by atoms with Gasteiger partial charge in [-0.3, -0.25) is 9.97 Å². The van der Waals surface area contributed by atoms with Crippen LogP contribution in [0.5, 0.6) is 0 Å². The molecule has 0 spiro atoms. The molecule has 2 aromatic heterocycles. The number of hydrogen-bond donors (Lipinski definition) is 0. The SMILES string of the molecule is PCC1C2CC3CC(C2)CC1(c1c(C(P)(c2ccc4ccccc4n2)c2ccc4ccccc4n2)cc(-c2ccccc2)[c-]1-c1ccccc1)C3.[Fe+2].c1cc[cH-]c1. The second-order valence-electron chi connectivity index (χ2n) is 16.6. The predicted octanol–water partition coefficient (Wildman–Crippen LogP) is 13.0. The van der Waals surface area contributed by atoms with E-state index >= 15 is 0 Å². The Morgan fingerprint density at radius 3 is 1.74 bits per heavy atom. The molecule has 12 rings (SSSR count). The molecule has 57 heavy (non-hydrogen) atoms. The summed E-state index contributed by atoms with van der Waals surface area (Å²) in [4.78, 5) is 11.1. The van der Waals surface area contributed by atoms with Crippen molar-refractivity contribution in [2.45, 2.75) is 42.7 Å². The largest absolute Gasteiger partial charge is 2.00 e. The van der Waals surface area contributed by atoms with Gasteiger partial charge in [0.15, 0.2) is 0 Å². The van der Waals surface area contributed by atoms with Crippen LogP contribution in [-0.4, -0.2) is 16.1 Å². The van der Waals surface area contributed by atoms with Gasteiger partial charge >= 0.3 is 17.1 Å². The molecule has 5 atom stereocenters. The fraction of sp³-hybridized carbons (Fsp3) is 0.231. The van der Waals surface area contributed by atoms with Gasteiger partial charge in [-0.1, -0.05) is 125 Å². The summed E-state index contributed by atoms with van der Waals surface area (Å²) in [6, 6.07) is 61.1. The topological polar surface area (TPSA) is 25.8 Å². The molecule has 284 valence electrons. The molecule has 4 bridgehead atoms. The number of pyridine rings is 2. The Morgan fingerprint density at radius 2 is 1.19 bits per heavy atom. The van der Waals surface area contributed by atoms with Crippen molar-refractivity contribution < 1.29 is 17.1 Å². The summed E-state index contributed by atoms with van der Waals surface area (Å²) in [5.41, 5.74) is 12.3. The van der Waals surface area contributed by atoms with Crippen molar-refractivity contribution in [2.24, 2.45) is 23.7 Å². The van der Waals surface area contributed by atoms with Crippen molar-refractivity contribution >= 4 is 40.3 Å². The van der Waals surface area contributed by atoms with Gasteiger partial charge in [-0.15, -0.1) is 42.2 Å². The first-order valence-electron chi connectivity index (χ1n) is 20.4. The van der Waals surface area contributed by atoms with E-state index in [0.717, 1.165) is 57.1 Å². The predicted molar refractivity (Wildman–Crippen MR) is 241 cm³/mol. The summed E-state index contributed by atoms with van der Waals surface area (Å²) in [7, 11) is 6.62. The van der Waals surface area contributed by atoms with E-state index in [0.29, 0.717) is 5.92 Å². The first-order valence-corrected chi connectivity index (χ1v) is 21.8.